The van der Waals surface area contributed by atoms with Gasteiger partial charge in [-0.3, -0.25) is 4.79 Å². The van der Waals surface area contributed by atoms with E-state index in [4.69, 9.17) is 0 Å². The molecular weight excluding hydrogens is 250 g/mol. The topological polar surface area (TPSA) is 44.4 Å². The summed E-state index contributed by atoms with van der Waals surface area (Å²) in [4.78, 5) is 14.3. The van der Waals surface area contributed by atoms with Gasteiger partial charge in [0.05, 0.1) is 0 Å². The SMILES string of the molecule is CCNC(C)CC(=O)Nc1cccc(N2CCCC2)c1. The number of hydrogen-bond donors (Lipinski definition) is 2. The number of nitrogens with zero attached hydrogens (tertiary/aromatic N) is 1. The van der Waals surface area contributed by atoms with E-state index in [1.54, 1.807) is 0 Å². The van der Waals surface area contributed by atoms with E-state index < -0.39 is 0 Å². The molecule has 0 radical (unpaired) electrons. The van der Waals surface area contributed by atoms with E-state index in [0.29, 0.717) is 6.42 Å². The molecule has 2 rings (SSSR count). The molecule has 0 spiro atoms. The highest BCUT2D eigenvalue weighted by Gasteiger charge is 2.13. The average Bonchev–Trinajstić information content (AvgIpc) is 2.92. The van der Waals surface area contributed by atoms with E-state index in [1.807, 2.05) is 26.0 Å². The summed E-state index contributed by atoms with van der Waals surface area (Å²) in [5, 5.41) is 6.24. The molecule has 1 aliphatic rings. The second kappa shape index (κ2) is 7.29. The van der Waals surface area contributed by atoms with Crippen LogP contribution < -0.4 is 15.5 Å². The molecule has 1 amide bonds. The van der Waals surface area contributed by atoms with Crippen LogP contribution in [-0.2, 0) is 4.79 Å². The van der Waals surface area contributed by atoms with Gasteiger partial charge in [0.1, 0.15) is 0 Å². The van der Waals surface area contributed by atoms with Crippen molar-refractivity contribution in [3.8, 4) is 0 Å². The maximum atomic E-state index is 12.0. The highest BCUT2D eigenvalue weighted by molar-refractivity contribution is 5.91. The zero-order valence-electron chi connectivity index (χ0n) is 12.5. The van der Waals surface area contributed by atoms with Crippen LogP contribution in [0.25, 0.3) is 0 Å². The molecule has 4 heteroatoms. The first-order chi connectivity index (χ1) is 9.69. The van der Waals surface area contributed by atoms with Crippen molar-refractivity contribution in [3.05, 3.63) is 24.3 Å². The normalized spacial score (nSPS) is 16.2. The van der Waals surface area contributed by atoms with Crippen molar-refractivity contribution in [2.75, 3.05) is 29.9 Å². The van der Waals surface area contributed by atoms with Crippen LogP contribution in [0.5, 0.6) is 0 Å². The Bertz CT molecular complexity index is 441. The maximum absolute atomic E-state index is 12.0. The number of anilines is 2. The number of rotatable bonds is 6. The molecular formula is C16H25N3O. The maximum Gasteiger partial charge on any atom is 0.225 e. The first-order valence-electron chi connectivity index (χ1n) is 7.57. The molecule has 0 aromatic heterocycles. The van der Waals surface area contributed by atoms with Crippen molar-refractivity contribution >= 4 is 17.3 Å². The second-order valence-corrected chi connectivity index (χ2v) is 5.46. The fourth-order valence-corrected chi connectivity index (χ4v) is 2.67. The highest BCUT2D eigenvalue weighted by Crippen LogP contribution is 2.23. The predicted octanol–water partition coefficient (Wildman–Crippen LogP) is 2.61. The van der Waals surface area contributed by atoms with Crippen LogP contribution in [0.3, 0.4) is 0 Å². The predicted molar refractivity (Wildman–Crippen MR) is 84.3 cm³/mol. The summed E-state index contributed by atoms with van der Waals surface area (Å²) >= 11 is 0. The van der Waals surface area contributed by atoms with Gasteiger partial charge in [-0.2, -0.15) is 0 Å². The molecule has 1 aliphatic heterocycles. The van der Waals surface area contributed by atoms with Crippen molar-refractivity contribution in [2.45, 2.75) is 39.2 Å². The third-order valence-corrected chi connectivity index (χ3v) is 3.65. The van der Waals surface area contributed by atoms with Gasteiger partial charge < -0.3 is 15.5 Å². The average molecular weight is 275 g/mol. The fourth-order valence-electron chi connectivity index (χ4n) is 2.67. The number of carbonyl (C=O) groups is 1. The molecule has 0 bridgehead atoms. The van der Waals surface area contributed by atoms with Gasteiger partial charge in [0, 0.05) is 36.9 Å². The number of nitrogens with one attached hydrogen (secondary N) is 2. The molecule has 1 heterocycles. The second-order valence-electron chi connectivity index (χ2n) is 5.46. The molecule has 0 saturated carbocycles. The Morgan fingerprint density at radius 3 is 2.80 bits per heavy atom. The summed E-state index contributed by atoms with van der Waals surface area (Å²) in [6.07, 6.45) is 3.02. The van der Waals surface area contributed by atoms with Gasteiger partial charge in [0.2, 0.25) is 5.91 Å². The lowest BCUT2D eigenvalue weighted by atomic mass is 10.2. The number of hydrogen-bond acceptors (Lipinski definition) is 3. The van der Waals surface area contributed by atoms with Crippen LogP contribution in [0.15, 0.2) is 24.3 Å². The lowest BCUT2D eigenvalue weighted by Gasteiger charge is -2.18. The summed E-state index contributed by atoms with van der Waals surface area (Å²) < 4.78 is 0. The molecule has 1 aromatic rings. The number of benzene rings is 1. The van der Waals surface area contributed by atoms with Crippen LogP contribution in [0, 0.1) is 0 Å². The lowest BCUT2D eigenvalue weighted by molar-refractivity contribution is -0.116. The third-order valence-electron chi connectivity index (χ3n) is 3.65. The van der Waals surface area contributed by atoms with Crippen molar-refractivity contribution in [2.24, 2.45) is 0 Å². The lowest BCUT2D eigenvalue weighted by Crippen LogP contribution is -2.30. The van der Waals surface area contributed by atoms with Crippen LogP contribution in [0.4, 0.5) is 11.4 Å². The molecule has 1 fully saturated rings. The quantitative estimate of drug-likeness (QED) is 0.839. The van der Waals surface area contributed by atoms with Gasteiger partial charge in [-0.25, -0.2) is 0 Å². The molecule has 1 atom stereocenters. The Kier molecular flexibility index (Phi) is 5.41. The molecule has 0 aliphatic carbocycles. The Balaban J connectivity index is 1.92. The first-order valence-corrected chi connectivity index (χ1v) is 7.57. The molecule has 20 heavy (non-hydrogen) atoms. The summed E-state index contributed by atoms with van der Waals surface area (Å²) in [6.45, 7) is 7.21. The van der Waals surface area contributed by atoms with Crippen molar-refractivity contribution in [1.29, 1.82) is 0 Å². The summed E-state index contributed by atoms with van der Waals surface area (Å²) in [5.74, 6) is 0.0667. The fraction of sp³-hybridized carbons (Fsp3) is 0.562. The monoisotopic (exact) mass is 275 g/mol. The number of carbonyl (C=O) groups excluding carboxylic acids is 1. The zero-order chi connectivity index (χ0) is 14.4. The molecule has 1 unspecified atom stereocenters. The van der Waals surface area contributed by atoms with Gasteiger partial charge in [-0.05, 0) is 44.5 Å². The summed E-state index contributed by atoms with van der Waals surface area (Å²) in [5.41, 5.74) is 2.10. The van der Waals surface area contributed by atoms with Crippen LogP contribution in [0.1, 0.15) is 33.1 Å². The zero-order valence-corrected chi connectivity index (χ0v) is 12.5. The van der Waals surface area contributed by atoms with Gasteiger partial charge in [0.15, 0.2) is 0 Å². The Morgan fingerprint density at radius 2 is 2.10 bits per heavy atom. The highest BCUT2D eigenvalue weighted by atomic mass is 16.1. The van der Waals surface area contributed by atoms with Crippen LogP contribution in [0.2, 0.25) is 0 Å². The van der Waals surface area contributed by atoms with Gasteiger partial charge in [-0.15, -0.1) is 0 Å². The molecule has 1 saturated heterocycles. The molecule has 1 aromatic carbocycles. The largest absolute Gasteiger partial charge is 0.371 e. The van der Waals surface area contributed by atoms with E-state index in [1.165, 1.54) is 18.5 Å². The van der Waals surface area contributed by atoms with E-state index in [0.717, 1.165) is 25.3 Å². The van der Waals surface area contributed by atoms with Crippen molar-refractivity contribution in [1.82, 2.24) is 5.32 Å². The van der Waals surface area contributed by atoms with Gasteiger partial charge in [0.25, 0.3) is 0 Å². The van der Waals surface area contributed by atoms with E-state index in [2.05, 4.69) is 27.7 Å². The Morgan fingerprint density at radius 1 is 1.35 bits per heavy atom. The molecule has 2 N–H and O–H groups in total. The van der Waals surface area contributed by atoms with Gasteiger partial charge >= 0.3 is 0 Å². The van der Waals surface area contributed by atoms with Crippen LogP contribution >= 0.6 is 0 Å². The number of amides is 1. The molecule has 110 valence electrons. The van der Waals surface area contributed by atoms with Crippen molar-refractivity contribution < 1.29 is 4.79 Å². The minimum Gasteiger partial charge on any atom is -0.371 e. The smallest absolute Gasteiger partial charge is 0.225 e. The third kappa shape index (κ3) is 4.23. The summed E-state index contributed by atoms with van der Waals surface area (Å²) in [7, 11) is 0. The van der Waals surface area contributed by atoms with E-state index in [-0.39, 0.29) is 11.9 Å². The first kappa shape index (κ1) is 14.9. The minimum absolute atomic E-state index is 0.0667. The van der Waals surface area contributed by atoms with Gasteiger partial charge in [-0.1, -0.05) is 13.0 Å². The Labute approximate surface area is 121 Å². The van der Waals surface area contributed by atoms with Crippen molar-refractivity contribution in [3.63, 3.8) is 0 Å². The Hall–Kier alpha value is -1.55. The minimum atomic E-state index is 0.0667. The summed E-state index contributed by atoms with van der Waals surface area (Å²) in [6, 6.07) is 8.36. The molecule has 4 nitrogen and oxygen atoms in total. The van der Waals surface area contributed by atoms with E-state index in [9.17, 15) is 4.79 Å². The van der Waals surface area contributed by atoms with E-state index >= 15 is 0 Å². The van der Waals surface area contributed by atoms with Crippen LogP contribution in [-0.4, -0.2) is 31.6 Å². The standard InChI is InChI=1S/C16H25N3O/c1-3-17-13(2)11-16(20)18-14-7-6-8-15(12-14)19-9-4-5-10-19/h6-8,12-13,17H,3-5,9-11H2,1-2H3,(H,18,20).